The number of hydrogen-bond donors (Lipinski definition) is 0. The minimum atomic E-state index is -3.96. The Morgan fingerprint density at radius 3 is 2.47 bits per heavy atom. The van der Waals surface area contributed by atoms with E-state index in [0.717, 1.165) is 17.7 Å². The van der Waals surface area contributed by atoms with E-state index in [9.17, 15) is 18.0 Å². The topological polar surface area (TPSA) is 84.0 Å². The van der Waals surface area contributed by atoms with Crippen LogP contribution in [-0.4, -0.2) is 40.0 Å². The maximum absolute atomic E-state index is 13.3. The molecule has 4 rings (SSSR count). The third kappa shape index (κ3) is 4.64. The number of amides is 1. The van der Waals surface area contributed by atoms with Crippen molar-refractivity contribution in [1.82, 2.24) is 0 Å². The van der Waals surface area contributed by atoms with Crippen LogP contribution in [0, 0.1) is 0 Å². The molecule has 1 aliphatic rings. The first-order chi connectivity index (χ1) is 16.3. The number of esters is 1. The number of anilines is 2. The molecule has 0 saturated carbocycles. The van der Waals surface area contributed by atoms with Crippen LogP contribution in [0.3, 0.4) is 0 Å². The number of fused-ring (bicyclic) bond motifs is 1. The molecule has 9 heteroatoms. The van der Waals surface area contributed by atoms with Crippen molar-refractivity contribution >= 4 is 44.9 Å². The molecule has 1 heterocycles. The number of halogens is 1. The highest BCUT2D eigenvalue weighted by Crippen LogP contribution is 2.29. The van der Waals surface area contributed by atoms with E-state index in [-0.39, 0.29) is 27.9 Å². The number of benzene rings is 3. The van der Waals surface area contributed by atoms with Crippen molar-refractivity contribution in [3.8, 4) is 0 Å². The molecule has 3 aromatic rings. The minimum Gasteiger partial charge on any atom is -0.452 e. The molecule has 0 fully saturated rings. The monoisotopic (exact) mass is 498 g/mol. The first-order valence-corrected chi connectivity index (χ1v) is 12.6. The van der Waals surface area contributed by atoms with Gasteiger partial charge in [0.1, 0.15) is 0 Å². The Morgan fingerprint density at radius 1 is 1.03 bits per heavy atom. The summed E-state index contributed by atoms with van der Waals surface area (Å²) in [7, 11) is -3.96. The van der Waals surface area contributed by atoms with Gasteiger partial charge >= 0.3 is 5.97 Å². The first-order valence-electron chi connectivity index (χ1n) is 10.8. The molecular formula is C25H23ClN2O5S. The van der Waals surface area contributed by atoms with Gasteiger partial charge in [0.15, 0.2) is 6.61 Å². The highest BCUT2D eigenvalue weighted by molar-refractivity contribution is 7.92. The largest absolute Gasteiger partial charge is 0.452 e. The number of carbonyl (C=O) groups is 2. The van der Waals surface area contributed by atoms with Crippen LogP contribution in [0.5, 0.6) is 0 Å². The molecule has 0 atom stereocenters. The molecule has 7 nitrogen and oxygen atoms in total. The zero-order chi connectivity index (χ0) is 24.3. The average Bonchev–Trinajstić information content (AvgIpc) is 3.28. The molecule has 0 aliphatic carbocycles. The van der Waals surface area contributed by atoms with Crippen LogP contribution >= 0.6 is 11.6 Å². The summed E-state index contributed by atoms with van der Waals surface area (Å²) >= 11 is 6.18. The van der Waals surface area contributed by atoms with Gasteiger partial charge in [-0.25, -0.2) is 13.2 Å². The van der Waals surface area contributed by atoms with Gasteiger partial charge in [-0.15, -0.1) is 0 Å². The summed E-state index contributed by atoms with van der Waals surface area (Å²) in [4.78, 5) is 26.9. The highest BCUT2D eigenvalue weighted by Gasteiger charge is 2.28. The zero-order valence-corrected chi connectivity index (χ0v) is 20.1. The predicted molar refractivity (Wildman–Crippen MR) is 131 cm³/mol. The summed E-state index contributed by atoms with van der Waals surface area (Å²) in [6.45, 7) is 1.94. The van der Waals surface area contributed by atoms with Crippen molar-refractivity contribution in [1.29, 1.82) is 0 Å². The molecule has 0 radical (unpaired) electrons. The second-order valence-electron chi connectivity index (χ2n) is 7.65. The van der Waals surface area contributed by atoms with E-state index in [1.807, 2.05) is 24.3 Å². The summed E-state index contributed by atoms with van der Waals surface area (Å²) in [6, 6.07) is 20.1. The third-order valence-corrected chi connectivity index (χ3v) is 7.82. The summed E-state index contributed by atoms with van der Waals surface area (Å²) in [5, 5.41) is 0.0330. The van der Waals surface area contributed by atoms with Gasteiger partial charge in [-0.3, -0.25) is 9.10 Å². The van der Waals surface area contributed by atoms with Gasteiger partial charge in [-0.2, -0.15) is 0 Å². The Hall–Kier alpha value is -3.36. The summed E-state index contributed by atoms with van der Waals surface area (Å²) < 4.78 is 33.0. The van der Waals surface area contributed by atoms with Gasteiger partial charge in [0.05, 0.1) is 21.2 Å². The lowest BCUT2D eigenvalue weighted by Gasteiger charge is -2.23. The Labute approximate surface area is 203 Å². The Kier molecular flexibility index (Phi) is 6.90. The van der Waals surface area contributed by atoms with Crippen LogP contribution in [0.25, 0.3) is 0 Å². The fourth-order valence-corrected chi connectivity index (χ4v) is 5.61. The maximum atomic E-state index is 13.3. The number of para-hydroxylation sites is 2. The molecule has 1 aliphatic heterocycles. The molecule has 0 saturated heterocycles. The van der Waals surface area contributed by atoms with Crippen LogP contribution in [0.1, 0.15) is 22.8 Å². The Morgan fingerprint density at radius 2 is 1.74 bits per heavy atom. The summed E-state index contributed by atoms with van der Waals surface area (Å²) in [6.07, 6.45) is 0.733. The van der Waals surface area contributed by atoms with Crippen molar-refractivity contribution in [2.24, 2.45) is 0 Å². The van der Waals surface area contributed by atoms with Crippen LogP contribution in [0.4, 0.5) is 11.4 Å². The van der Waals surface area contributed by atoms with Gasteiger partial charge in [-0.05, 0) is 55.3 Å². The van der Waals surface area contributed by atoms with Crippen LogP contribution in [0.2, 0.25) is 5.02 Å². The lowest BCUT2D eigenvalue weighted by Crippen LogP contribution is -2.33. The number of hydrogen-bond acceptors (Lipinski definition) is 5. The van der Waals surface area contributed by atoms with Crippen molar-refractivity contribution in [3.63, 3.8) is 0 Å². The standard InChI is InChI=1S/C25H23ClN2O5S/c1-2-28(19-9-4-3-5-10-19)34(31,32)20-12-13-22(26)21(16-20)25(30)33-17-24(29)27-15-14-18-8-6-7-11-23(18)27/h3-13,16H,2,14-15,17H2,1H3. The number of sulfonamides is 1. The van der Waals surface area contributed by atoms with E-state index >= 15 is 0 Å². The van der Waals surface area contributed by atoms with Gasteiger partial charge in [0.25, 0.3) is 15.9 Å². The van der Waals surface area contributed by atoms with Gasteiger partial charge in [0, 0.05) is 18.8 Å². The normalized spacial score (nSPS) is 12.8. The lowest BCUT2D eigenvalue weighted by atomic mass is 10.2. The Balaban J connectivity index is 1.52. The van der Waals surface area contributed by atoms with Crippen molar-refractivity contribution in [2.45, 2.75) is 18.2 Å². The van der Waals surface area contributed by atoms with Gasteiger partial charge in [0.2, 0.25) is 0 Å². The molecule has 0 spiro atoms. The third-order valence-electron chi connectivity index (χ3n) is 5.59. The molecule has 0 unspecified atom stereocenters. The van der Waals surface area contributed by atoms with Gasteiger partial charge in [-0.1, -0.05) is 48.0 Å². The molecule has 0 aromatic heterocycles. The van der Waals surface area contributed by atoms with E-state index < -0.39 is 22.6 Å². The summed E-state index contributed by atoms with van der Waals surface area (Å²) in [5.41, 5.74) is 2.24. The van der Waals surface area contributed by atoms with E-state index in [1.54, 1.807) is 42.2 Å². The van der Waals surface area contributed by atoms with E-state index in [2.05, 4.69) is 0 Å². The molecule has 3 aromatic carbocycles. The quantitative estimate of drug-likeness (QED) is 0.453. The molecule has 0 bridgehead atoms. The average molecular weight is 499 g/mol. The highest BCUT2D eigenvalue weighted by atomic mass is 35.5. The molecule has 1 amide bonds. The van der Waals surface area contributed by atoms with Crippen LogP contribution < -0.4 is 9.21 Å². The smallest absolute Gasteiger partial charge is 0.340 e. The van der Waals surface area contributed by atoms with E-state index in [1.165, 1.54) is 22.5 Å². The number of carbonyl (C=O) groups excluding carboxylic acids is 2. The second-order valence-corrected chi connectivity index (χ2v) is 9.92. The van der Waals surface area contributed by atoms with Crippen LogP contribution in [-0.2, 0) is 26.0 Å². The molecule has 0 N–H and O–H groups in total. The Bertz CT molecular complexity index is 1330. The fourth-order valence-electron chi connectivity index (χ4n) is 3.91. The van der Waals surface area contributed by atoms with E-state index in [0.29, 0.717) is 12.2 Å². The first kappa shape index (κ1) is 23.8. The van der Waals surface area contributed by atoms with Crippen molar-refractivity contribution in [2.75, 3.05) is 28.9 Å². The number of nitrogens with zero attached hydrogens (tertiary/aromatic N) is 2. The fraction of sp³-hybridized carbons (Fsp3) is 0.200. The zero-order valence-electron chi connectivity index (χ0n) is 18.5. The molecule has 34 heavy (non-hydrogen) atoms. The predicted octanol–water partition coefficient (Wildman–Crippen LogP) is 4.30. The maximum Gasteiger partial charge on any atom is 0.340 e. The van der Waals surface area contributed by atoms with Crippen molar-refractivity contribution < 1.29 is 22.7 Å². The molecular weight excluding hydrogens is 476 g/mol. The SMILES string of the molecule is CCN(c1ccccc1)S(=O)(=O)c1ccc(Cl)c(C(=O)OCC(=O)N2CCc3ccccc32)c1. The molecule has 176 valence electrons. The van der Waals surface area contributed by atoms with Crippen LogP contribution in [0.15, 0.2) is 77.7 Å². The van der Waals surface area contributed by atoms with Gasteiger partial charge < -0.3 is 9.64 Å². The summed E-state index contributed by atoms with van der Waals surface area (Å²) in [5.74, 6) is -1.23. The number of rotatable bonds is 7. The lowest BCUT2D eigenvalue weighted by molar-refractivity contribution is -0.121. The second kappa shape index (κ2) is 9.87. The van der Waals surface area contributed by atoms with E-state index in [4.69, 9.17) is 16.3 Å². The van der Waals surface area contributed by atoms with Crippen molar-refractivity contribution in [3.05, 3.63) is 88.9 Å². The number of ether oxygens (including phenoxy) is 1. The minimum absolute atomic E-state index is 0.0330.